The van der Waals surface area contributed by atoms with Gasteiger partial charge in [-0.1, -0.05) is 6.07 Å². The van der Waals surface area contributed by atoms with Gasteiger partial charge in [-0.15, -0.1) is 0 Å². The molecule has 0 aromatic heterocycles. The minimum Gasteiger partial charge on any atom is -0.375 e. The largest absolute Gasteiger partial charge is 0.534 e. The highest BCUT2D eigenvalue weighted by Crippen LogP contribution is 2.32. The number of benzene rings is 1. The fourth-order valence-corrected chi connectivity index (χ4v) is 1.64. The Hall–Kier alpha value is -0.830. The molecule has 0 heterocycles. The molecule has 0 unspecified atom stereocenters. The lowest BCUT2D eigenvalue weighted by atomic mass is 10.3. The lowest BCUT2D eigenvalue weighted by Gasteiger charge is -2.10. The number of alkyl halides is 3. The van der Waals surface area contributed by atoms with E-state index >= 15 is 0 Å². The molecule has 0 N–H and O–H groups in total. The summed E-state index contributed by atoms with van der Waals surface area (Å²) in [5, 5.41) is 0. The number of hydrogen-bond acceptors (Lipinski definition) is 3. The monoisotopic (exact) mass is 322 g/mol. The first kappa shape index (κ1) is 13.2. The van der Waals surface area contributed by atoms with Gasteiger partial charge in [-0.05, 0) is 28.1 Å². The van der Waals surface area contributed by atoms with Crippen molar-refractivity contribution in [3.63, 3.8) is 0 Å². The van der Waals surface area contributed by atoms with Crippen LogP contribution in [0.15, 0.2) is 22.7 Å². The van der Waals surface area contributed by atoms with Gasteiger partial charge in [0.25, 0.3) is 0 Å². The van der Waals surface area contributed by atoms with Crippen molar-refractivity contribution < 1.29 is 30.2 Å². The highest BCUT2D eigenvalue weighted by molar-refractivity contribution is 9.10. The Morgan fingerprint density at radius 3 is 2.31 bits per heavy atom. The van der Waals surface area contributed by atoms with Crippen LogP contribution in [0.2, 0.25) is 0 Å². The van der Waals surface area contributed by atoms with Crippen LogP contribution in [-0.2, 0) is 10.1 Å². The summed E-state index contributed by atoms with van der Waals surface area (Å²) in [4.78, 5) is 0. The van der Waals surface area contributed by atoms with Crippen molar-refractivity contribution in [3.05, 3.63) is 28.5 Å². The fraction of sp³-hybridized carbons (Fsp3) is 0.143. The Kier molecular flexibility index (Phi) is 3.48. The Morgan fingerprint density at radius 1 is 1.25 bits per heavy atom. The van der Waals surface area contributed by atoms with E-state index in [9.17, 15) is 26.0 Å². The van der Waals surface area contributed by atoms with E-state index in [0.29, 0.717) is 0 Å². The van der Waals surface area contributed by atoms with E-state index in [2.05, 4.69) is 20.1 Å². The van der Waals surface area contributed by atoms with Crippen LogP contribution in [0.25, 0.3) is 0 Å². The van der Waals surface area contributed by atoms with Crippen LogP contribution in [0.4, 0.5) is 17.6 Å². The normalized spacial score (nSPS) is 12.6. The molecule has 0 spiro atoms. The molecule has 0 fully saturated rings. The molecule has 1 aromatic carbocycles. The molecular formula is C7H3BrF4O3S. The van der Waals surface area contributed by atoms with Gasteiger partial charge in [-0.3, -0.25) is 0 Å². The molecule has 1 rings (SSSR count). The van der Waals surface area contributed by atoms with Gasteiger partial charge >= 0.3 is 15.6 Å². The third-order valence-electron chi connectivity index (χ3n) is 1.40. The number of halogens is 5. The molecule has 0 amide bonds. The van der Waals surface area contributed by atoms with E-state index in [1.807, 2.05) is 0 Å². The summed E-state index contributed by atoms with van der Waals surface area (Å²) in [6.07, 6.45) is 0. The summed E-state index contributed by atoms with van der Waals surface area (Å²) in [6.45, 7) is 0. The molecule has 16 heavy (non-hydrogen) atoms. The van der Waals surface area contributed by atoms with Crippen molar-refractivity contribution in [1.29, 1.82) is 0 Å². The first-order valence-electron chi connectivity index (χ1n) is 3.60. The molecular weight excluding hydrogens is 320 g/mol. The van der Waals surface area contributed by atoms with Crippen LogP contribution >= 0.6 is 15.9 Å². The van der Waals surface area contributed by atoms with E-state index in [-0.39, 0.29) is 0 Å². The van der Waals surface area contributed by atoms with E-state index in [4.69, 9.17) is 0 Å². The predicted octanol–water partition coefficient (Wildman–Crippen LogP) is 2.82. The van der Waals surface area contributed by atoms with E-state index in [0.717, 1.165) is 18.2 Å². The maximum Gasteiger partial charge on any atom is 0.534 e. The van der Waals surface area contributed by atoms with Crippen molar-refractivity contribution in [2.24, 2.45) is 0 Å². The van der Waals surface area contributed by atoms with Crippen molar-refractivity contribution in [2.75, 3.05) is 0 Å². The second kappa shape index (κ2) is 4.21. The van der Waals surface area contributed by atoms with Gasteiger partial charge < -0.3 is 4.18 Å². The summed E-state index contributed by atoms with van der Waals surface area (Å²) in [5.41, 5.74) is -5.56. The predicted molar refractivity (Wildman–Crippen MR) is 49.7 cm³/mol. The third-order valence-corrected chi connectivity index (χ3v) is 3.13. The summed E-state index contributed by atoms with van der Waals surface area (Å²) in [7, 11) is -5.79. The minimum absolute atomic E-state index is 0.497. The standard InChI is InChI=1S/C7H3BrF4O3S/c8-6-4(9)2-1-3-5(6)15-16(13,14)7(10,11)12/h1-3H. The lowest BCUT2D eigenvalue weighted by molar-refractivity contribution is -0.0500. The van der Waals surface area contributed by atoms with Gasteiger partial charge in [-0.2, -0.15) is 21.6 Å². The molecule has 3 nitrogen and oxygen atoms in total. The van der Waals surface area contributed by atoms with Crippen molar-refractivity contribution >= 4 is 26.0 Å². The maximum atomic E-state index is 12.8. The summed E-state index contributed by atoms with van der Waals surface area (Å²) in [6, 6.07) is 2.83. The Morgan fingerprint density at radius 2 is 1.81 bits per heavy atom. The smallest absolute Gasteiger partial charge is 0.375 e. The second-order valence-corrected chi connectivity index (χ2v) is 4.87. The first-order chi connectivity index (χ1) is 7.15. The third kappa shape index (κ3) is 2.64. The zero-order valence-corrected chi connectivity index (χ0v) is 9.66. The van der Waals surface area contributed by atoms with Gasteiger partial charge in [0.05, 0.1) is 4.47 Å². The van der Waals surface area contributed by atoms with E-state index in [1.165, 1.54) is 0 Å². The fourth-order valence-electron chi connectivity index (χ4n) is 0.714. The second-order valence-electron chi connectivity index (χ2n) is 2.54. The van der Waals surface area contributed by atoms with E-state index < -0.39 is 31.7 Å². The van der Waals surface area contributed by atoms with Crippen LogP contribution in [0.1, 0.15) is 0 Å². The zero-order chi connectivity index (χ0) is 12.6. The lowest BCUT2D eigenvalue weighted by Crippen LogP contribution is -2.28. The molecule has 90 valence electrons. The van der Waals surface area contributed by atoms with E-state index in [1.54, 1.807) is 0 Å². The van der Waals surface area contributed by atoms with Crippen LogP contribution < -0.4 is 4.18 Å². The van der Waals surface area contributed by atoms with Crippen LogP contribution in [-0.4, -0.2) is 13.9 Å². The zero-order valence-electron chi connectivity index (χ0n) is 7.25. The van der Waals surface area contributed by atoms with Crippen LogP contribution in [0, 0.1) is 5.82 Å². The minimum atomic E-state index is -5.79. The molecule has 0 saturated carbocycles. The molecule has 0 aliphatic rings. The highest BCUT2D eigenvalue weighted by atomic mass is 79.9. The summed E-state index contributed by atoms with van der Waals surface area (Å²) < 4.78 is 73.1. The SMILES string of the molecule is O=S(=O)(Oc1cccc(F)c1Br)C(F)(F)F. The average molecular weight is 323 g/mol. The Bertz CT molecular complexity index is 497. The maximum absolute atomic E-state index is 12.8. The average Bonchev–Trinajstić information content (AvgIpc) is 2.11. The van der Waals surface area contributed by atoms with Crippen LogP contribution in [0.3, 0.4) is 0 Å². The molecule has 0 radical (unpaired) electrons. The van der Waals surface area contributed by atoms with Gasteiger partial charge in [0.2, 0.25) is 0 Å². The quantitative estimate of drug-likeness (QED) is 0.478. The Labute approximate surface area is 96.3 Å². The molecule has 0 bridgehead atoms. The van der Waals surface area contributed by atoms with Gasteiger partial charge in [0, 0.05) is 0 Å². The number of rotatable bonds is 2. The molecule has 0 saturated heterocycles. The topological polar surface area (TPSA) is 43.4 Å². The van der Waals surface area contributed by atoms with Crippen molar-refractivity contribution in [2.45, 2.75) is 5.51 Å². The Balaban J connectivity index is 3.12. The first-order valence-corrected chi connectivity index (χ1v) is 5.80. The van der Waals surface area contributed by atoms with Crippen molar-refractivity contribution in [3.8, 4) is 5.75 Å². The summed E-state index contributed by atoms with van der Waals surface area (Å²) >= 11 is 2.57. The molecule has 1 aromatic rings. The van der Waals surface area contributed by atoms with Gasteiger partial charge in [0.1, 0.15) is 5.82 Å². The molecule has 9 heteroatoms. The molecule has 0 atom stereocenters. The van der Waals surface area contributed by atoms with Crippen LogP contribution in [0.5, 0.6) is 5.75 Å². The summed E-state index contributed by atoms with van der Waals surface area (Å²) in [5.74, 6) is -1.70. The molecule has 0 aliphatic carbocycles. The van der Waals surface area contributed by atoms with Gasteiger partial charge in [0.15, 0.2) is 5.75 Å². The molecule has 0 aliphatic heterocycles. The van der Waals surface area contributed by atoms with Gasteiger partial charge in [-0.25, -0.2) is 4.39 Å². The highest BCUT2D eigenvalue weighted by Gasteiger charge is 2.48. The number of hydrogen-bond donors (Lipinski definition) is 0. The van der Waals surface area contributed by atoms with Crippen molar-refractivity contribution in [1.82, 2.24) is 0 Å².